The lowest BCUT2D eigenvalue weighted by Gasteiger charge is -2.60. The van der Waals surface area contributed by atoms with Crippen LogP contribution in [0.15, 0.2) is 12.2 Å². The predicted molar refractivity (Wildman–Crippen MR) is 100 cm³/mol. The van der Waals surface area contributed by atoms with E-state index in [1.807, 2.05) is 13.8 Å². The fourth-order valence-electron chi connectivity index (χ4n) is 6.80. The van der Waals surface area contributed by atoms with Gasteiger partial charge in [0.2, 0.25) is 23.6 Å². The van der Waals surface area contributed by atoms with Crippen molar-refractivity contribution >= 4 is 23.6 Å². The van der Waals surface area contributed by atoms with Gasteiger partial charge in [0, 0.05) is 13.1 Å². The standard InChI is InChI=1S/C22H28N2O4/c1-3-5-9-23-19(25)15-11-7-8-12(16(15)20(23)26)14-13(11)17-18(14)22(28)24(21(17)27)10-6-4-2/h7-8,11-18H,3-6,9-10H2,1-2H3/t11-,12-,13-,14-,15-,16+,17-,18+/m0/s1. The number of amides is 4. The van der Waals surface area contributed by atoms with Gasteiger partial charge in [0.1, 0.15) is 0 Å². The summed E-state index contributed by atoms with van der Waals surface area (Å²) < 4.78 is 0. The number of likely N-dealkylation sites (tertiary alicyclic amines) is 2. The quantitative estimate of drug-likeness (QED) is 0.517. The summed E-state index contributed by atoms with van der Waals surface area (Å²) in [6.45, 7) is 5.09. The summed E-state index contributed by atoms with van der Waals surface area (Å²) in [6, 6.07) is 0. The molecule has 0 unspecified atom stereocenters. The number of hydrogen-bond acceptors (Lipinski definition) is 4. The van der Waals surface area contributed by atoms with Gasteiger partial charge in [-0.2, -0.15) is 0 Å². The van der Waals surface area contributed by atoms with Crippen LogP contribution in [0.5, 0.6) is 0 Å². The average Bonchev–Trinajstić information content (AvgIpc) is 3.03. The van der Waals surface area contributed by atoms with E-state index >= 15 is 0 Å². The van der Waals surface area contributed by atoms with E-state index in [0.29, 0.717) is 13.1 Å². The fourth-order valence-corrected chi connectivity index (χ4v) is 6.80. The van der Waals surface area contributed by atoms with E-state index in [2.05, 4.69) is 12.2 Å². The lowest BCUT2D eigenvalue weighted by Crippen LogP contribution is -2.63. The number of imide groups is 2. The minimum atomic E-state index is -0.325. The van der Waals surface area contributed by atoms with Crippen molar-refractivity contribution in [3.63, 3.8) is 0 Å². The second kappa shape index (κ2) is 6.26. The lowest BCUT2D eigenvalue weighted by molar-refractivity contribution is -0.166. The third-order valence-corrected chi connectivity index (χ3v) is 8.00. The molecule has 6 aliphatic rings. The van der Waals surface area contributed by atoms with Crippen LogP contribution in [0.4, 0.5) is 0 Å². The first-order valence-electron chi connectivity index (χ1n) is 10.9. The highest BCUT2D eigenvalue weighted by Gasteiger charge is 2.74. The molecule has 8 atom stereocenters. The molecular formula is C22H28N2O4. The summed E-state index contributed by atoms with van der Waals surface area (Å²) >= 11 is 0. The summed E-state index contributed by atoms with van der Waals surface area (Å²) in [5, 5.41) is 0. The third kappa shape index (κ3) is 2.04. The molecular weight excluding hydrogens is 356 g/mol. The maximum atomic E-state index is 13.1. The lowest BCUT2D eigenvalue weighted by atomic mass is 9.40. The van der Waals surface area contributed by atoms with Crippen LogP contribution in [0.1, 0.15) is 39.5 Å². The Morgan fingerprint density at radius 1 is 0.643 bits per heavy atom. The van der Waals surface area contributed by atoms with Gasteiger partial charge in [-0.1, -0.05) is 38.8 Å². The van der Waals surface area contributed by atoms with E-state index in [-0.39, 0.29) is 71.0 Å². The number of unbranched alkanes of at least 4 members (excludes halogenated alkanes) is 2. The number of hydrogen-bond donors (Lipinski definition) is 0. The minimum absolute atomic E-state index is 0.0400. The van der Waals surface area contributed by atoms with Gasteiger partial charge in [0.05, 0.1) is 23.7 Å². The molecule has 0 radical (unpaired) electrons. The van der Waals surface area contributed by atoms with E-state index in [1.165, 1.54) is 9.80 Å². The minimum Gasteiger partial charge on any atom is -0.282 e. The Bertz CT molecular complexity index is 733. The molecule has 0 spiro atoms. The van der Waals surface area contributed by atoms with Crippen LogP contribution in [-0.2, 0) is 19.2 Å². The number of nitrogens with zero attached hydrogens (tertiary/aromatic N) is 2. The SMILES string of the molecule is CCCCN1C(=O)[C@@H]2[C@H]3C=C[C@H]([C@@H]2C1=O)[C@@H]1[C@@H]2C(=O)N(CCCC)C(=O)[C@@H]2[C@@H]31. The fraction of sp³-hybridized carbons (Fsp3) is 0.727. The molecule has 2 saturated heterocycles. The summed E-state index contributed by atoms with van der Waals surface area (Å²) in [6.07, 6.45) is 7.66. The maximum Gasteiger partial charge on any atom is 0.233 e. The van der Waals surface area contributed by atoms with E-state index in [0.717, 1.165) is 25.7 Å². The zero-order valence-electron chi connectivity index (χ0n) is 16.5. The van der Waals surface area contributed by atoms with Crippen molar-refractivity contribution in [1.82, 2.24) is 9.80 Å². The number of rotatable bonds is 6. The first kappa shape index (κ1) is 18.1. The summed E-state index contributed by atoms with van der Waals surface area (Å²) in [5.41, 5.74) is 0. The average molecular weight is 384 g/mol. The van der Waals surface area contributed by atoms with E-state index in [4.69, 9.17) is 0 Å². The molecule has 4 fully saturated rings. The Hall–Kier alpha value is -1.98. The van der Waals surface area contributed by atoms with Gasteiger partial charge >= 0.3 is 0 Å². The van der Waals surface area contributed by atoms with E-state index in [1.54, 1.807) is 0 Å². The Labute approximate surface area is 165 Å². The molecule has 6 rings (SSSR count). The van der Waals surface area contributed by atoms with Crippen LogP contribution in [0.3, 0.4) is 0 Å². The van der Waals surface area contributed by atoms with Crippen LogP contribution < -0.4 is 0 Å². The van der Waals surface area contributed by atoms with Gasteiger partial charge in [-0.25, -0.2) is 0 Å². The zero-order valence-corrected chi connectivity index (χ0v) is 16.5. The van der Waals surface area contributed by atoms with E-state index in [9.17, 15) is 19.2 Å². The Balaban J connectivity index is 1.45. The molecule has 2 aliphatic heterocycles. The highest BCUT2D eigenvalue weighted by atomic mass is 16.2. The van der Waals surface area contributed by atoms with Crippen molar-refractivity contribution in [2.75, 3.05) is 13.1 Å². The number of carbonyl (C=O) groups excluding carboxylic acids is 4. The molecule has 2 bridgehead atoms. The molecule has 28 heavy (non-hydrogen) atoms. The van der Waals surface area contributed by atoms with Gasteiger partial charge in [-0.3, -0.25) is 29.0 Å². The summed E-state index contributed by atoms with van der Waals surface area (Å²) in [7, 11) is 0. The second-order valence-corrected chi connectivity index (χ2v) is 9.16. The molecule has 150 valence electrons. The van der Waals surface area contributed by atoms with Crippen molar-refractivity contribution in [3.8, 4) is 0 Å². The van der Waals surface area contributed by atoms with Crippen molar-refractivity contribution in [2.45, 2.75) is 39.5 Å². The molecule has 4 amide bonds. The highest BCUT2D eigenvalue weighted by Crippen LogP contribution is 2.68. The van der Waals surface area contributed by atoms with Gasteiger partial charge in [0.25, 0.3) is 0 Å². The van der Waals surface area contributed by atoms with Crippen molar-refractivity contribution in [2.24, 2.45) is 47.3 Å². The summed E-state index contributed by atoms with van der Waals surface area (Å²) in [4.78, 5) is 55.0. The first-order valence-corrected chi connectivity index (χ1v) is 10.9. The number of allylic oxidation sites excluding steroid dienone is 2. The molecule has 0 aromatic rings. The molecule has 4 aliphatic carbocycles. The molecule has 2 heterocycles. The zero-order chi connectivity index (χ0) is 19.7. The third-order valence-electron chi connectivity index (χ3n) is 8.00. The molecule has 0 aromatic carbocycles. The Morgan fingerprint density at radius 3 is 1.36 bits per heavy atom. The Kier molecular flexibility index (Phi) is 4.04. The molecule has 6 heteroatoms. The van der Waals surface area contributed by atoms with Gasteiger partial charge < -0.3 is 0 Å². The van der Waals surface area contributed by atoms with Crippen LogP contribution in [0, 0.1) is 47.3 Å². The molecule has 0 N–H and O–H groups in total. The Morgan fingerprint density at radius 2 is 1.00 bits per heavy atom. The number of carbonyl (C=O) groups is 4. The predicted octanol–water partition coefficient (Wildman–Crippen LogP) is 1.85. The smallest absolute Gasteiger partial charge is 0.233 e. The number of fused-ring (bicyclic) bond motifs is 1. The first-order chi connectivity index (χ1) is 13.5. The second-order valence-electron chi connectivity index (χ2n) is 9.16. The van der Waals surface area contributed by atoms with Crippen LogP contribution >= 0.6 is 0 Å². The maximum absolute atomic E-state index is 13.1. The van der Waals surface area contributed by atoms with E-state index < -0.39 is 0 Å². The largest absolute Gasteiger partial charge is 0.282 e. The monoisotopic (exact) mass is 384 g/mol. The van der Waals surface area contributed by atoms with Crippen molar-refractivity contribution < 1.29 is 19.2 Å². The summed E-state index contributed by atoms with van der Waals surface area (Å²) in [5.74, 6) is -1.44. The van der Waals surface area contributed by atoms with Crippen LogP contribution in [0.2, 0.25) is 0 Å². The molecule has 6 nitrogen and oxygen atoms in total. The normalized spacial score (nSPS) is 42.8. The van der Waals surface area contributed by atoms with Crippen molar-refractivity contribution in [3.05, 3.63) is 12.2 Å². The van der Waals surface area contributed by atoms with Crippen LogP contribution in [-0.4, -0.2) is 46.5 Å². The molecule has 0 aromatic heterocycles. The molecule has 2 saturated carbocycles. The van der Waals surface area contributed by atoms with Crippen LogP contribution in [0.25, 0.3) is 0 Å². The highest BCUT2D eigenvalue weighted by molar-refractivity contribution is 6.09. The van der Waals surface area contributed by atoms with Gasteiger partial charge in [-0.15, -0.1) is 0 Å². The topological polar surface area (TPSA) is 74.8 Å². The van der Waals surface area contributed by atoms with Gasteiger partial charge in [0.15, 0.2) is 0 Å². The van der Waals surface area contributed by atoms with Crippen molar-refractivity contribution in [1.29, 1.82) is 0 Å². The van der Waals surface area contributed by atoms with Gasteiger partial charge in [-0.05, 0) is 36.5 Å².